The molecule has 0 radical (unpaired) electrons. The highest BCUT2D eigenvalue weighted by Crippen LogP contribution is 2.14. The summed E-state index contributed by atoms with van der Waals surface area (Å²) >= 11 is 2.16. The Morgan fingerprint density at radius 3 is 2.52 bits per heavy atom. The number of carbonyl (C=O) groups is 1. The van der Waals surface area contributed by atoms with Crippen molar-refractivity contribution in [2.45, 2.75) is 13.0 Å². The minimum Gasteiger partial charge on any atom is -0.458 e. The van der Waals surface area contributed by atoms with Crippen LogP contribution in [-0.2, 0) is 4.74 Å². The summed E-state index contributed by atoms with van der Waals surface area (Å²) in [5, 5.41) is 0. The van der Waals surface area contributed by atoms with Crippen LogP contribution in [0.3, 0.4) is 0 Å². The van der Waals surface area contributed by atoms with Crippen LogP contribution < -0.4 is 0 Å². The number of benzene rings is 1. The minimum atomic E-state index is -0.225. The van der Waals surface area contributed by atoms with Gasteiger partial charge in [0, 0.05) is 36.3 Å². The lowest BCUT2D eigenvalue weighted by atomic mass is 10.2. The first-order valence-electron chi connectivity index (χ1n) is 6.92. The SMILES string of the molecule is CC(CN1CCN(C)CC1)OC(=O)c1ccccc1I.Cl. The molecule has 1 aromatic rings. The number of carbonyl (C=O) groups excluding carboxylic acids is 1. The molecule has 0 saturated carbocycles. The number of hydrogen-bond donors (Lipinski definition) is 0. The molecule has 0 bridgehead atoms. The molecule has 2 rings (SSSR count). The molecular formula is C15H22ClIN2O2. The normalized spacial score (nSPS) is 17.9. The zero-order chi connectivity index (χ0) is 14.5. The molecule has 1 heterocycles. The second-order valence-electron chi connectivity index (χ2n) is 5.30. The molecule has 118 valence electrons. The predicted octanol–water partition coefficient (Wildman–Crippen LogP) is 2.51. The molecule has 1 aliphatic heterocycles. The lowest BCUT2D eigenvalue weighted by Gasteiger charge is -2.33. The molecule has 1 unspecified atom stereocenters. The zero-order valence-corrected chi connectivity index (χ0v) is 15.4. The van der Waals surface area contributed by atoms with Crippen LogP contribution in [0, 0.1) is 3.57 Å². The van der Waals surface area contributed by atoms with Gasteiger partial charge < -0.3 is 9.64 Å². The van der Waals surface area contributed by atoms with Gasteiger partial charge in [-0.1, -0.05) is 12.1 Å². The van der Waals surface area contributed by atoms with Crippen LogP contribution in [0.4, 0.5) is 0 Å². The number of piperazine rings is 1. The van der Waals surface area contributed by atoms with Gasteiger partial charge in [-0.05, 0) is 48.7 Å². The zero-order valence-electron chi connectivity index (χ0n) is 12.4. The fourth-order valence-electron chi connectivity index (χ4n) is 2.30. The van der Waals surface area contributed by atoms with E-state index in [0.29, 0.717) is 5.56 Å². The summed E-state index contributed by atoms with van der Waals surface area (Å²) in [7, 11) is 2.14. The highest BCUT2D eigenvalue weighted by Gasteiger charge is 2.19. The summed E-state index contributed by atoms with van der Waals surface area (Å²) in [5.41, 5.74) is 0.651. The van der Waals surface area contributed by atoms with Crippen molar-refractivity contribution in [1.29, 1.82) is 0 Å². The Balaban J connectivity index is 0.00000220. The number of nitrogens with zero attached hydrogens (tertiary/aromatic N) is 2. The van der Waals surface area contributed by atoms with E-state index in [9.17, 15) is 4.79 Å². The monoisotopic (exact) mass is 424 g/mol. The first-order valence-corrected chi connectivity index (χ1v) is 8.00. The number of halogens is 2. The first kappa shape index (κ1) is 18.7. The van der Waals surface area contributed by atoms with Crippen molar-refractivity contribution in [3.63, 3.8) is 0 Å². The van der Waals surface area contributed by atoms with Gasteiger partial charge in [-0.25, -0.2) is 4.79 Å². The van der Waals surface area contributed by atoms with Gasteiger partial charge in [-0.15, -0.1) is 12.4 Å². The third-order valence-corrected chi connectivity index (χ3v) is 4.45. The number of ether oxygens (including phenoxy) is 1. The molecule has 1 saturated heterocycles. The fourth-order valence-corrected chi connectivity index (χ4v) is 2.91. The molecule has 4 nitrogen and oxygen atoms in total. The molecule has 0 amide bonds. The van der Waals surface area contributed by atoms with Crippen LogP contribution in [0.1, 0.15) is 17.3 Å². The molecule has 1 aliphatic rings. The maximum Gasteiger partial charge on any atom is 0.339 e. The van der Waals surface area contributed by atoms with E-state index in [2.05, 4.69) is 39.4 Å². The van der Waals surface area contributed by atoms with Crippen LogP contribution in [0.2, 0.25) is 0 Å². The third-order valence-electron chi connectivity index (χ3n) is 3.51. The average Bonchev–Trinajstić information content (AvgIpc) is 2.41. The maximum atomic E-state index is 12.1. The Hall–Kier alpha value is -0.370. The van der Waals surface area contributed by atoms with E-state index in [0.717, 1.165) is 36.3 Å². The van der Waals surface area contributed by atoms with E-state index in [-0.39, 0.29) is 24.5 Å². The molecule has 21 heavy (non-hydrogen) atoms. The third kappa shape index (κ3) is 5.73. The molecule has 0 spiro atoms. The number of esters is 1. The lowest BCUT2D eigenvalue weighted by Crippen LogP contribution is -2.47. The van der Waals surface area contributed by atoms with Gasteiger partial charge in [-0.2, -0.15) is 0 Å². The largest absolute Gasteiger partial charge is 0.458 e. The molecule has 0 aliphatic carbocycles. The van der Waals surface area contributed by atoms with Crippen molar-refractivity contribution in [2.24, 2.45) is 0 Å². The van der Waals surface area contributed by atoms with Gasteiger partial charge in [-0.3, -0.25) is 4.90 Å². The summed E-state index contributed by atoms with van der Waals surface area (Å²) < 4.78 is 6.48. The molecule has 0 aromatic heterocycles. The second-order valence-corrected chi connectivity index (χ2v) is 6.46. The van der Waals surface area contributed by atoms with Gasteiger partial charge >= 0.3 is 5.97 Å². The van der Waals surface area contributed by atoms with Gasteiger partial charge in [0.2, 0.25) is 0 Å². The summed E-state index contributed by atoms with van der Waals surface area (Å²) in [4.78, 5) is 16.8. The molecule has 0 N–H and O–H groups in total. The van der Waals surface area contributed by atoms with E-state index < -0.39 is 0 Å². The Bertz CT molecular complexity index is 465. The van der Waals surface area contributed by atoms with Crippen LogP contribution in [0.15, 0.2) is 24.3 Å². The lowest BCUT2D eigenvalue weighted by molar-refractivity contribution is 0.0206. The van der Waals surface area contributed by atoms with Crippen LogP contribution in [0.5, 0.6) is 0 Å². The van der Waals surface area contributed by atoms with E-state index in [1.54, 1.807) is 0 Å². The minimum absolute atomic E-state index is 0. The number of likely N-dealkylation sites (N-methyl/N-ethyl adjacent to an activating group) is 1. The van der Waals surface area contributed by atoms with Crippen LogP contribution in [-0.4, -0.2) is 61.6 Å². The van der Waals surface area contributed by atoms with E-state index in [1.807, 2.05) is 31.2 Å². The molecule has 1 atom stereocenters. The average molecular weight is 425 g/mol. The standard InChI is InChI=1S/C15H21IN2O2.ClH/c1-12(11-18-9-7-17(2)8-10-18)20-15(19)13-5-3-4-6-14(13)16;/h3-6,12H,7-11H2,1-2H3;1H. The van der Waals surface area contributed by atoms with Crippen molar-refractivity contribution in [2.75, 3.05) is 39.8 Å². The van der Waals surface area contributed by atoms with Crippen LogP contribution >= 0.6 is 35.0 Å². The van der Waals surface area contributed by atoms with E-state index in [1.165, 1.54) is 0 Å². The smallest absolute Gasteiger partial charge is 0.339 e. The van der Waals surface area contributed by atoms with Crippen molar-refractivity contribution in [3.05, 3.63) is 33.4 Å². The topological polar surface area (TPSA) is 32.8 Å². The maximum absolute atomic E-state index is 12.1. The summed E-state index contributed by atoms with van der Waals surface area (Å²) in [6, 6.07) is 7.52. The summed E-state index contributed by atoms with van der Waals surface area (Å²) in [6.45, 7) is 7.02. The highest BCUT2D eigenvalue weighted by molar-refractivity contribution is 14.1. The predicted molar refractivity (Wildman–Crippen MR) is 95.2 cm³/mol. The van der Waals surface area contributed by atoms with Crippen molar-refractivity contribution in [1.82, 2.24) is 9.80 Å². The first-order chi connectivity index (χ1) is 9.56. The van der Waals surface area contributed by atoms with Crippen molar-refractivity contribution < 1.29 is 9.53 Å². The van der Waals surface area contributed by atoms with Crippen LogP contribution in [0.25, 0.3) is 0 Å². The summed E-state index contributed by atoms with van der Waals surface area (Å²) in [6.07, 6.45) is -0.0816. The molecular weight excluding hydrogens is 403 g/mol. The molecule has 1 fully saturated rings. The number of rotatable bonds is 4. The fraction of sp³-hybridized carbons (Fsp3) is 0.533. The van der Waals surface area contributed by atoms with Gasteiger partial charge in [0.1, 0.15) is 6.10 Å². The Kier molecular flexibility index (Phi) is 7.94. The Labute approximate surface area is 146 Å². The molecule has 6 heteroatoms. The van der Waals surface area contributed by atoms with E-state index in [4.69, 9.17) is 4.74 Å². The van der Waals surface area contributed by atoms with E-state index >= 15 is 0 Å². The number of hydrogen-bond acceptors (Lipinski definition) is 4. The second kappa shape index (κ2) is 8.92. The Morgan fingerprint density at radius 2 is 1.90 bits per heavy atom. The van der Waals surface area contributed by atoms with Gasteiger partial charge in [0.15, 0.2) is 0 Å². The van der Waals surface area contributed by atoms with Crippen molar-refractivity contribution in [3.8, 4) is 0 Å². The quantitative estimate of drug-likeness (QED) is 0.549. The molecule has 1 aromatic carbocycles. The van der Waals surface area contributed by atoms with Gasteiger partial charge in [0.25, 0.3) is 0 Å². The van der Waals surface area contributed by atoms with Gasteiger partial charge in [0.05, 0.1) is 5.56 Å². The highest BCUT2D eigenvalue weighted by atomic mass is 127. The Morgan fingerprint density at radius 1 is 1.29 bits per heavy atom. The summed E-state index contributed by atoms with van der Waals surface area (Å²) in [5.74, 6) is -0.225. The van der Waals surface area contributed by atoms with Crippen molar-refractivity contribution >= 4 is 41.0 Å².